The highest BCUT2D eigenvalue weighted by molar-refractivity contribution is 6.35. The first-order chi connectivity index (χ1) is 15.4. The van der Waals surface area contributed by atoms with Gasteiger partial charge in [0, 0.05) is 23.7 Å². The molecule has 3 aromatic carbocycles. The summed E-state index contributed by atoms with van der Waals surface area (Å²) in [5.74, 6) is 0.495. The zero-order valence-electron chi connectivity index (χ0n) is 17.9. The van der Waals surface area contributed by atoms with E-state index < -0.39 is 0 Å². The van der Waals surface area contributed by atoms with Gasteiger partial charge in [-0.25, -0.2) is 4.79 Å². The number of nitrogens with zero attached hydrogens (tertiary/aromatic N) is 4. The van der Waals surface area contributed by atoms with Gasteiger partial charge in [0.1, 0.15) is 12.4 Å². The topological polar surface area (TPSA) is 79.0 Å². The second kappa shape index (κ2) is 8.80. The lowest BCUT2D eigenvalue weighted by Gasteiger charge is -2.15. The maximum atomic E-state index is 12.8. The summed E-state index contributed by atoms with van der Waals surface area (Å²) in [6.45, 7) is 4.05. The number of aromatic nitrogens is 4. The quantitative estimate of drug-likeness (QED) is 0.416. The second-order valence-corrected chi connectivity index (χ2v) is 7.85. The van der Waals surface area contributed by atoms with Crippen LogP contribution in [-0.4, -0.2) is 25.6 Å². The molecule has 4 aromatic rings. The molecule has 0 unspecified atom stereocenters. The van der Waals surface area contributed by atoms with Gasteiger partial charge in [-0.3, -0.25) is 4.79 Å². The van der Waals surface area contributed by atoms with Crippen LogP contribution in [0.2, 0.25) is 5.02 Å². The van der Waals surface area contributed by atoms with Crippen molar-refractivity contribution >= 4 is 17.4 Å². The summed E-state index contributed by atoms with van der Waals surface area (Å²) < 4.78 is 8.50. The lowest BCUT2D eigenvalue weighted by Crippen LogP contribution is -2.23. The number of carbonyl (C=O) groups excluding carboxylic acids is 1. The van der Waals surface area contributed by atoms with Gasteiger partial charge in [-0.2, -0.15) is 9.36 Å². The number of tetrazole rings is 1. The lowest BCUT2D eigenvalue weighted by atomic mass is 10.0. The molecule has 7 nitrogen and oxygen atoms in total. The highest BCUT2D eigenvalue weighted by atomic mass is 35.5. The molecule has 0 spiro atoms. The largest absolute Gasteiger partial charge is 0.489 e. The summed E-state index contributed by atoms with van der Waals surface area (Å²) in [6, 6.07) is 17.9. The summed E-state index contributed by atoms with van der Waals surface area (Å²) in [4.78, 5) is 25.1. The Labute approximate surface area is 189 Å². The molecule has 0 fully saturated rings. The fourth-order valence-corrected chi connectivity index (χ4v) is 3.66. The van der Waals surface area contributed by atoms with Crippen molar-refractivity contribution in [2.45, 2.75) is 20.5 Å². The average molecular weight is 449 g/mol. The van der Waals surface area contributed by atoms with Crippen molar-refractivity contribution in [2.75, 3.05) is 0 Å². The van der Waals surface area contributed by atoms with E-state index in [1.165, 1.54) is 9.36 Å². The van der Waals surface area contributed by atoms with Crippen LogP contribution in [0.5, 0.6) is 5.75 Å². The number of benzene rings is 3. The smallest absolute Gasteiger partial charge is 0.368 e. The van der Waals surface area contributed by atoms with Crippen LogP contribution in [0.1, 0.15) is 32.6 Å². The number of hydrogen-bond acceptors (Lipinski definition) is 5. The van der Waals surface area contributed by atoms with Crippen LogP contribution >= 0.6 is 11.6 Å². The molecular weight excluding hydrogens is 428 g/mol. The molecule has 0 saturated heterocycles. The molecule has 0 bridgehead atoms. The van der Waals surface area contributed by atoms with Crippen LogP contribution in [0.25, 0.3) is 5.69 Å². The van der Waals surface area contributed by atoms with E-state index in [4.69, 9.17) is 16.3 Å². The van der Waals surface area contributed by atoms with Crippen LogP contribution in [0.3, 0.4) is 0 Å². The zero-order valence-corrected chi connectivity index (χ0v) is 18.6. The number of carbonyl (C=O) groups is 1. The molecule has 0 radical (unpaired) electrons. The first kappa shape index (κ1) is 21.5. The molecule has 0 atom stereocenters. The van der Waals surface area contributed by atoms with Crippen molar-refractivity contribution in [2.24, 2.45) is 7.05 Å². The van der Waals surface area contributed by atoms with E-state index in [1.807, 2.05) is 26.0 Å². The molecule has 4 rings (SSSR count). The minimum absolute atomic E-state index is 0.145. The first-order valence-corrected chi connectivity index (χ1v) is 10.3. The van der Waals surface area contributed by atoms with Crippen molar-refractivity contribution in [3.05, 3.63) is 104 Å². The Morgan fingerprint density at radius 3 is 2.47 bits per heavy atom. The lowest BCUT2D eigenvalue weighted by molar-refractivity contribution is 0.103. The molecule has 32 heavy (non-hydrogen) atoms. The minimum Gasteiger partial charge on any atom is -0.489 e. The molecule has 1 heterocycles. The van der Waals surface area contributed by atoms with Crippen LogP contribution in [0, 0.1) is 13.8 Å². The summed E-state index contributed by atoms with van der Waals surface area (Å²) in [7, 11) is 1.55. The third kappa shape index (κ3) is 4.07. The molecule has 0 aliphatic rings. The molecule has 0 aliphatic heterocycles. The van der Waals surface area contributed by atoms with E-state index in [2.05, 4.69) is 10.4 Å². The van der Waals surface area contributed by atoms with Crippen LogP contribution in [0.4, 0.5) is 0 Å². The third-order valence-corrected chi connectivity index (χ3v) is 5.59. The Kier molecular flexibility index (Phi) is 5.92. The van der Waals surface area contributed by atoms with Gasteiger partial charge < -0.3 is 4.74 Å². The fourth-order valence-electron chi connectivity index (χ4n) is 3.44. The normalized spacial score (nSPS) is 10.9. The Hall–Kier alpha value is -3.71. The molecule has 0 amide bonds. The van der Waals surface area contributed by atoms with Gasteiger partial charge in [0.15, 0.2) is 5.78 Å². The van der Waals surface area contributed by atoms with Gasteiger partial charge in [0.2, 0.25) is 0 Å². The standard InChI is InChI=1S/C24H21ClN4O3/c1-15-7-6-10-21(29-24(31)28(3)26-27-29)19(15)14-32-22-12-11-17(13-16(22)2)23(30)18-8-4-5-9-20(18)25/h4-13H,14H2,1-3H3. The van der Waals surface area contributed by atoms with E-state index >= 15 is 0 Å². The molecule has 0 saturated carbocycles. The second-order valence-electron chi connectivity index (χ2n) is 7.45. The maximum absolute atomic E-state index is 12.8. The number of rotatable bonds is 6. The first-order valence-electron chi connectivity index (χ1n) is 9.97. The molecule has 0 N–H and O–H groups in total. The highest BCUT2D eigenvalue weighted by Gasteiger charge is 2.16. The van der Waals surface area contributed by atoms with E-state index in [9.17, 15) is 9.59 Å². The minimum atomic E-state index is -0.338. The van der Waals surface area contributed by atoms with Crippen molar-refractivity contribution < 1.29 is 9.53 Å². The van der Waals surface area contributed by atoms with Gasteiger partial charge in [0.05, 0.1) is 10.7 Å². The zero-order chi connectivity index (χ0) is 22.8. The summed E-state index contributed by atoms with van der Waals surface area (Å²) in [5, 5.41) is 8.15. The number of ketones is 1. The number of aryl methyl sites for hydroxylation is 3. The Bertz CT molecular complexity index is 1370. The molecular formula is C24H21ClN4O3. The van der Waals surface area contributed by atoms with Crippen molar-refractivity contribution in [1.82, 2.24) is 19.8 Å². The van der Waals surface area contributed by atoms with Crippen LogP contribution in [-0.2, 0) is 13.7 Å². The summed E-state index contributed by atoms with van der Waals surface area (Å²) in [6.07, 6.45) is 0. The van der Waals surface area contributed by atoms with E-state index in [1.54, 1.807) is 55.6 Å². The molecule has 162 valence electrons. The van der Waals surface area contributed by atoms with Gasteiger partial charge in [-0.15, -0.1) is 0 Å². The van der Waals surface area contributed by atoms with Crippen molar-refractivity contribution in [1.29, 1.82) is 0 Å². The van der Waals surface area contributed by atoms with Gasteiger partial charge in [0.25, 0.3) is 0 Å². The summed E-state index contributed by atoms with van der Waals surface area (Å²) in [5.41, 5.74) is 3.87. The summed E-state index contributed by atoms with van der Waals surface area (Å²) >= 11 is 6.17. The highest BCUT2D eigenvalue weighted by Crippen LogP contribution is 2.26. The van der Waals surface area contributed by atoms with Gasteiger partial charge in [-0.05, 0) is 71.8 Å². The SMILES string of the molecule is Cc1cc(C(=O)c2ccccc2Cl)ccc1OCc1c(C)cccc1-n1nnn(C)c1=O. The Balaban J connectivity index is 1.59. The van der Waals surface area contributed by atoms with E-state index in [0.717, 1.165) is 16.7 Å². The molecule has 8 heteroatoms. The number of halogens is 1. The predicted molar refractivity (Wildman–Crippen MR) is 122 cm³/mol. The fraction of sp³-hybridized carbons (Fsp3) is 0.167. The maximum Gasteiger partial charge on any atom is 0.368 e. The van der Waals surface area contributed by atoms with Gasteiger partial charge in [-0.1, -0.05) is 35.9 Å². The molecule has 0 aliphatic carbocycles. The number of hydrogen-bond donors (Lipinski definition) is 0. The van der Waals surface area contributed by atoms with E-state index in [-0.39, 0.29) is 18.1 Å². The van der Waals surface area contributed by atoms with E-state index in [0.29, 0.717) is 27.6 Å². The van der Waals surface area contributed by atoms with Crippen LogP contribution < -0.4 is 10.4 Å². The van der Waals surface area contributed by atoms with Crippen molar-refractivity contribution in [3.63, 3.8) is 0 Å². The van der Waals surface area contributed by atoms with Crippen LogP contribution in [0.15, 0.2) is 65.5 Å². The Morgan fingerprint density at radius 2 is 1.78 bits per heavy atom. The monoisotopic (exact) mass is 448 g/mol. The average Bonchev–Trinajstić information content (AvgIpc) is 3.11. The Morgan fingerprint density at radius 1 is 1.00 bits per heavy atom. The van der Waals surface area contributed by atoms with Crippen molar-refractivity contribution in [3.8, 4) is 11.4 Å². The number of ether oxygens (including phenoxy) is 1. The third-order valence-electron chi connectivity index (χ3n) is 5.26. The van der Waals surface area contributed by atoms with Gasteiger partial charge >= 0.3 is 5.69 Å². The molecule has 1 aromatic heterocycles. The predicted octanol–water partition coefficient (Wildman–Crippen LogP) is 4.05.